The minimum Gasteiger partial charge on any atom is -0.465 e. The van der Waals surface area contributed by atoms with Crippen molar-refractivity contribution in [2.75, 3.05) is 6.61 Å². The van der Waals surface area contributed by atoms with Gasteiger partial charge in [0.25, 0.3) is 0 Å². The summed E-state index contributed by atoms with van der Waals surface area (Å²) in [5.41, 5.74) is 0. The molecule has 2 aliphatic rings. The smallest absolute Gasteiger partial charge is 0.306 e. The number of carbonyl (C=O) groups is 2. The molecule has 1 fully saturated rings. The van der Waals surface area contributed by atoms with Crippen LogP contribution >= 0.6 is 0 Å². The first kappa shape index (κ1) is 10.4. The number of hydrogen-bond acceptors (Lipinski definition) is 3. The summed E-state index contributed by atoms with van der Waals surface area (Å²) in [7, 11) is 0. The Hall–Kier alpha value is -1.12. The van der Waals surface area contributed by atoms with Crippen molar-refractivity contribution in [3.63, 3.8) is 0 Å². The molecule has 3 heteroatoms. The summed E-state index contributed by atoms with van der Waals surface area (Å²) in [6.45, 7) is 0.473. The molecule has 0 radical (unpaired) electrons. The lowest BCUT2D eigenvalue weighted by atomic mass is 9.89. The third-order valence-electron chi connectivity index (χ3n) is 3.28. The molecule has 0 amide bonds. The molecule has 0 aromatic heterocycles. The zero-order chi connectivity index (χ0) is 10.7. The molecule has 15 heavy (non-hydrogen) atoms. The van der Waals surface area contributed by atoms with Crippen LogP contribution < -0.4 is 0 Å². The first-order valence-electron chi connectivity index (χ1n) is 5.60. The summed E-state index contributed by atoms with van der Waals surface area (Å²) < 4.78 is 5.06. The van der Waals surface area contributed by atoms with E-state index in [1.807, 2.05) is 6.08 Å². The third kappa shape index (κ3) is 2.46. The molecule has 0 aromatic rings. The molecular weight excluding hydrogens is 192 g/mol. The van der Waals surface area contributed by atoms with E-state index in [0.717, 1.165) is 19.3 Å². The lowest BCUT2D eigenvalue weighted by molar-refractivity contribution is -0.145. The molecule has 82 valence electrons. The van der Waals surface area contributed by atoms with Gasteiger partial charge in [-0.3, -0.25) is 9.59 Å². The third-order valence-corrected chi connectivity index (χ3v) is 3.28. The van der Waals surface area contributed by atoms with E-state index in [-0.39, 0.29) is 17.8 Å². The largest absolute Gasteiger partial charge is 0.465 e. The number of carbonyl (C=O) groups excluding carboxylic acids is 2. The Morgan fingerprint density at radius 1 is 1.27 bits per heavy atom. The van der Waals surface area contributed by atoms with Gasteiger partial charge in [0.1, 0.15) is 5.78 Å². The Kier molecular flexibility index (Phi) is 3.19. The number of esters is 1. The zero-order valence-corrected chi connectivity index (χ0v) is 8.78. The minimum absolute atomic E-state index is 0.0619. The molecule has 0 aromatic carbocycles. The highest BCUT2D eigenvalue weighted by molar-refractivity contribution is 5.84. The van der Waals surface area contributed by atoms with Crippen molar-refractivity contribution in [1.29, 1.82) is 0 Å². The summed E-state index contributed by atoms with van der Waals surface area (Å²) in [6.07, 6.45) is 7.53. The Labute approximate surface area is 89.5 Å². The van der Waals surface area contributed by atoms with Gasteiger partial charge in [0.05, 0.1) is 6.61 Å². The highest BCUT2D eigenvalue weighted by Gasteiger charge is 2.35. The molecule has 0 bridgehead atoms. The molecule has 2 rings (SSSR count). The molecule has 2 atom stereocenters. The van der Waals surface area contributed by atoms with Crippen LogP contribution in [0.1, 0.15) is 32.1 Å². The number of allylic oxidation sites excluding steroid dienone is 1. The van der Waals surface area contributed by atoms with Crippen LogP contribution in [0.15, 0.2) is 12.2 Å². The van der Waals surface area contributed by atoms with Crippen molar-refractivity contribution in [3.8, 4) is 0 Å². The fourth-order valence-corrected chi connectivity index (χ4v) is 2.42. The maximum atomic E-state index is 11.6. The lowest BCUT2D eigenvalue weighted by Crippen LogP contribution is -2.19. The van der Waals surface area contributed by atoms with Gasteiger partial charge >= 0.3 is 5.97 Å². The number of Topliss-reactive ketones (excluding diaryl/α,β-unsaturated/α-hetero) is 1. The molecule has 0 saturated heterocycles. The number of hydrogen-bond donors (Lipinski definition) is 0. The van der Waals surface area contributed by atoms with E-state index >= 15 is 0 Å². The van der Waals surface area contributed by atoms with Crippen molar-refractivity contribution in [2.45, 2.75) is 32.1 Å². The van der Waals surface area contributed by atoms with Crippen LogP contribution in [0.4, 0.5) is 0 Å². The van der Waals surface area contributed by atoms with Gasteiger partial charge in [-0.2, -0.15) is 0 Å². The molecule has 0 spiro atoms. The molecule has 1 aliphatic heterocycles. The van der Waals surface area contributed by atoms with Crippen molar-refractivity contribution in [2.24, 2.45) is 11.8 Å². The molecular formula is C12H16O3. The Balaban J connectivity index is 2.08. The normalized spacial score (nSPS) is 32.3. The first-order valence-corrected chi connectivity index (χ1v) is 5.60. The Bertz CT molecular complexity index is 293. The van der Waals surface area contributed by atoms with E-state index < -0.39 is 0 Å². The van der Waals surface area contributed by atoms with E-state index in [9.17, 15) is 9.59 Å². The zero-order valence-electron chi connectivity index (χ0n) is 8.78. The average molecular weight is 208 g/mol. The van der Waals surface area contributed by atoms with Gasteiger partial charge in [0.2, 0.25) is 0 Å². The second-order valence-electron chi connectivity index (χ2n) is 4.29. The van der Waals surface area contributed by atoms with E-state index in [0.29, 0.717) is 25.2 Å². The molecule has 1 heterocycles. The number of cyclic esters (lactones) is 1. The monoisotopic (exact) mass is 208 g/mol. The maximum absolute atomic E-state index is 11.6. The standard InChI is InChI=1S/C12H16O3/c13-11-6-5-9-8-12(14)15-7-3-1-2-4-10(9)11/h1-2,9-10H,3-8H2/t9?,10-/m1/s1. The quantitative estimate of drug-likeness (QED) is 0.451. The van der Waals surface area contributed by atoms with Crippen LogP contribution in [-0.4, -0.2) is 18.4 Å². The highest BCUT2D eigenvalue weighted by atomic mass is 16.5. The van der Waals surface area contributed by atoms with Gasteiger partial charge in [-0.15, -0.1) is 0 Å². The Morgan fingerprint density at radius 3 is 3.00 bits per heavy atom. The van der Waals surface area contributed by atoms with Crippen molar-refractivity contribution in [1.82, 2.24) is 0 Å². The maximum Gasteiger partial charge on any atom is 0.306 e. The number of ketones is 1. The number of ether oxygens (including phenoxy) is 1. The van der Waals surface area contributed by atoms with Gasteiger partial charge in [0, 0.05) is 18.8 Å². The summed E-state index contributed by atoms with van der Waals surface area (Å²) in [5.74, 6) is 0.452. The van der Waals surface area contributed by atoms with E-state index in [4.69, 9.17) is 4.74 Å². The van der Waals surface area contributed by atoms with Crippen LogP contribution in [0.2, 0.25) is 0 Å². The predicted octanol–water partition coefficient (Wildman–Crippen LogP) is 1.86. The Morgan fingerprint density at radius 2 is 2.13 bits per heavy atom. The van der Waals surface area contributed by atoms with Crippen LogP contribution in [0.3, 0.4) is 0 Å². The van der Waals surface area contributed by atoms with Crippen LogP contribution in [0, 0.1) is 11.8 Å². The van der Waals surface area contributed by atoms with Crippen LogP contribution in [-0.2, 0) is 14.3 Å². The van der Waals surface area contributed by atoms with Gasteiger partial charge in [-0.05, 0) is 25.2 Å². The van der Waals surface area contributed by atoms with Crippen molar-refractivity contribution < 1.29 is 14.3 Å². The fourth-order valence-electron chi connectivity index (χ4n) is 2.42. The summed E-state index contributed by atoms with van der Waals surface area (Å²) in [6, 6.07) is 0. The SMILES string of the molecule is O=C1CC2CCC(=O)[C@@H]2CC=CCCO1. The van der Waals surface area contributed by atoms with Gasteiger partial charge < -0.3 is 4.74 Å². The van der Waals surface area contributed by atoms with Crippen LogP contribution in [0.25, 0.3) is 0 Å². The van der Waals surface area contributed by atoms with E-state index in [1.54, 1.807) is 0 Å². The van der Waals surface area contributed by atoms with Gasteiger partial charge in [-0.25, -0.2) is 0 Å². The average Bonchev–Trinajstić information content (AvgIpc) is 2.55. The van der Waals surface area contributed by atoms with E-state index in [2.05, 4.69) is 6.08 Å². The molecule has 1 aliphatic carbocycles. The fraction of sp³-hybridized carbons (Fsp3) is 0.667. The predicted molar refractivity (Wildman–Crippen MR) is 55.2 cm³/mol. The molecule has 0 N–H and O–H groups in total. The van der Waals surface area contributed by atoms with Crippen molar-refractivity contribution >= 4 is 11.8 Å². The topological polar surface area (TPSA) is 43.4 Å². The van der Waals surface area contributed by atoms with Gasteiger partial charge in [0.15, 0.2) is 0 Å². The second-order valence-corrected chi connectivity index (χ2v) is 4.29. The molecule has 1 saturated carbocycles. The molecule has 1 unspecified atom stereocenters. The number of fused-ring (bicyclic) bond motifs is 1. The van der Waals surface area contributed by atoms with E-state index in [1.165, 1.54) is 0 Å². The summed E-state index contributed by atoms with van der Waals surface area (Å²) in [5, 5.41) is 0. The number of rotatable bonds is 0. The second kappa shape index (κ2) is 4.60. The highest BCUT2D eigenvalue weighted by Crippen LogP contribution is 2.34. The summed E-state index contributed by atoms with van der Waals surface area (Å²) in [4.78, 5) is 23.0. The van der Waals surface area contributed by atoms with Crippen LogP contribution in [0.5, 0.6) is 0 Å². The molecule has 3 nitrogen and oxygen atoms in total. The minimum atomic E-state index is -0.144. The van der Waals surface area contributed by atoms with Crippen molar-refractivity contribution in [3.05, 3.63) is 12.2 Å². The summed E-state index contributed by atoms with van der Waals surface area (Å²) >= 11 is 0. The van der Waals surface area contributed by atoms with Gasteiger partial charge in [-0.1, -0.05) is 12.2 Å². The lowest BCUT2D eigenvalue weighted by Gasteiger charge is -2.17. The first-order chi connectivity index (χ1) is 7.27.